The average molecular weight is 182 g/mol. The summed E-state index contributed by atoms with van der Waals surface area (Å²) in [7, 11) is 0. The second-order valence-corrected chi connectivity index (χ2v) is 2.63. The molecule has 5 nitrogen and oxygen atoms in total. The van der Waals surface area contributed by atoms with Gasteiger partial charge in [-0.05, 0) is 6.42 Å². The van der Waals surface area contributed by atoms with Crippen molar-refractivity contribution in [2.24, 2.45) is 0 Å². The van der Waals surface area contributed by atoms with Crippen LogP contribution in [0.5, 0.6) is 5.75 Å². The van der Waals surface area contributed by atoms with Crippen molar-refractivity contribution in [2.45, 2.75) is 19.8 Å². The molecule has 0 saturated heterocycles. The van der Waals surface area contributed by atoms with Crippen LogP contribution in [0.1, 0.15) is 19.0 Å². The highest BCUT2D eigenvalue weighted by Crippen LogP contribution is 2.27. The van der Waals surface area contributed by atoms with Crippen molar-refractivity contribution in [1.82, 2.24) is 4.98 Å². The van der Waals surface area contributed by atoms with Gasteiger partial charge in [0.15, 0.2) is 0 Å². The fourth-order valence-corrected chi connectivity index (χ4v) is 1.05. The zero-order valence-electron chi connectivity index (χ0n) is 7.23. The van der Waals surface area contributed by atoms with Crippen molar-refractivity contribution in [2.75, 3.05) is 0 Å². The summed E-state index contributed by atoms with van der Waals surface area (Å²) < 4.78 is 0. The van der Waals surface area contributed by atoms with Gasteiger partial charge in [0.1, 0.15) is 0 Å². The van der Waals surface area contributed by atoms with Crippen LogP contribution in [0.3, 0.4) is 0 Å². The predicted molar refractivity (Wildman–Crippen MR) is 46.6 cm³/mol. The predicted octanol–water partition coefficient (Wildman–Crippen LogP) is 1.65. The lowest BCUT2D eigenvalue weighted by atomic mass is 10.2. The van der Waals surface area contributed by atoms with E-state index in [-0.39, 0.29) is 11.4 Å². The Bertz CT molecular complexity index is 325. The molecule has 0 bridgehead atoms. The van der Waals surface area contributed by atoms with Crippen molar-refractivity contribution in [3.63, 3.8) is 0 Å². The summed E-state index contributed by atoms with van der Waals surface area (Å²) in [6, 6.07) is 1.19. The number of nitro groups is 1. The Morgan fingerprint density at radius 2 is 2.38 bits per heavy atom. The number of aromatic nitrogens is 1. The lowest BCUT2D eigenvalue weighted by Crippen LogP contribution is -1.95. The normalized spacial score (nSPS) is 9.92. The molecule has 0 amide bonds. The smallest absolute Gasteiger partial charge is 0.314 e. The first-order valence-electron chi connectivity index (χ1n) is 3.98. The SMILES string of the molecule is CCCc1nccc([N+](=O)[O-])c1O. The summed E-state index contributed by atoms with van der Waals surface area (Å²) in [5, 5.41) is 19.8. The number of nitrogens with zero attached hydrogens (tertiary/aromatic N) is 2. The average Bonchev–Trinajstić information content (AvgIpc) is 2.08. The lowest BCUT2D eigenvalue weighted by molar-refractivity contribution is -0.386. The van der Waals surface area contributed by atoms with E-state index in [0.29, 0.717) is 12.1 Å². The molecule has 0 unspecified atom stereocenters. The Balaban J connectivity index is 3.10. The van der Waals surface area contributed by atoms with E-state index in [4.69, 9.17) is 0 Å². The number of hydrogen-bond acceptors (Lipinski definition) is 4. The first-order chi connectivity index (χ1) is 6.16. The molecule has 0 spiro atoms. The second kappa shape index (κ2) is 3.84. The Hall–Kier alpha value is -1.65. The minimum atomic E-state index is -0.615. The van der Waals surface area contributed by atoms with E-state index in [2.05, 4.69) is 4.98 Å². The Labute approximate surface area is 75.2 Å². The van der Waals surface area contributed by atoms with E-state index in [1.54, 1.807) is 0 Å². The Morgan fingerprint density at radius 3 is 2.92 bits per heavy atom. The fourth-order valence-electron chi connectivity index (χ4n) is 1.05. The number of rotatable bonds is 3. The molecule has 0 radical (unpaired) electrons. The van der Waals surface area contributed by atoms with Crippen LogP contribution < -0.4 is 0 Å². The molecule has 1 aromatic rings. The zero-order chi connectivity index (χ0) is 9.84. The molecule has 1 aromatic heterocycles. The van der Waals surface area contributed by atoms with Gasteiger partial charge in [0.25, 0.3) is 0 Å². The molecule has 70 valence electrons. The number of hydrogen-bond donors (Lipinski definition) is 1. The summed E-state index contributed by atoms with van der Waals surface area (Å²) in [5.74, 6) is -0.311. The van der Waals surface area contributed by atoms with Crippen LogP contribution in [0, 0.1) is 10.1 Å². The highest BCUT2D eigenvalue weighted by molar-refractivity contribution is 5.47. The van der Waals surface area contributed by atoms with Crippen LogP contribution in [0.4, 0.5) is 5.69 Å². The topological polar surface area (TPSA) is 76.3 Å². The molecule has 1 heterocycles. The standard InChI is InChI=1S/C8H10N2O3/c1-2-3-6-8(11)7(10(12)13)4-5-9-6/h4-5,11H,2-3H2,1H3. The maximum atomic E-state index is 10.4. The fraction of sp³-hybridized carbons (Fsp3) is 0.375. The highest BCUT2D eigenvalue weighted by atomic mass is 16.6. The number of aromatic hydroxyl groups is 1. The third-order valence-electron chi connectivity index (χ3n) is 1.66. The van der Waals surface area contributed by atoms with Crippen LogP contribution in [0.25, 0.3) is 0 Å². The van der Waals surface area contributed by atoms with Crippen molar-refractivity contribution in [1.29, 1.82) is 0 Å². The summed E-state index contributed by atoms with van der Waals surface area (Å²) in [4.78, 5) is 13.6. The zero-order valence-corrected chi connectivity index (χ0v) is 7.23. The maximum absolute atomic E-state index is 10.4. The largest absolute Gasteiger partial charge is 0.501 e. The molecule has 0 aliphatic carbocycles. The minimum Gasteiger partial charge on any atom is -0.501 e. The Kier molecular flexibility index (Phi) is 2.79. The van der Waals surface area contributed by atoms with Gasteiger partial charge in [-0.2, -0.15) is 0 Å². The molecule has 0 aliphatic rings. The molecule has 1 rings (SSSR count). The van der Waals surface area contributed by atoms with Crippen molar-refractivity contribution in [3.8, 4) is 5.75 Å². The van der Waals surface area contributed by atoms with Gasteiger partial charge in [-0.15, -0.1) is 0 Å². The van der Waals surface area contributed by atoms with E-state index in [0.717, 1.165) is 6.42 Å². The third kappa shape index (κ3) is 1.93. The van der Waals surface area contributed by atoms with Gasteiger partial charge in [0.05, 0.1) is 10.6 Å². The monoisotopic (exact) mass is 182 g/mol. The van der Waals surface area contributed by atoms with Crippen LogP contribution in [0.15, 0.2) is 12.3 Å². The third-order valence-corrected chi connectivity index (χ3v) is 1.66. The summed E-state index contributed by atoms with van der Waals surface area (Å²) >= 11 is 0. The van der Waals surface area contributed by atoms with Gasteiger partial charge in [-0.25, -0.2) is 0 Å². The molecular weight excluding hydrogens is 172 g/mol. The molecule has 0 aromatic carbocycles. The number of aryl methyl sites for hydroxylation is 1. The van der Waals surface area contributed by atoms with E-state index < -0.39 is 4.92 Å². The molecule has 0 atom stereocenters. The first kappa shape index (κ1) is 9.44. The molecule has 0 saturated carbocycles. The Morgan fingerprint density at radius 1 is 1.69 bits per heavy atom. The van der Waals surface area contributed by atoms with Crippen molar-refractivity contribution < 1.29 is 10.0 Å². The summed E-state index contributed by atoms with van der Waals surface area (Å²) in [6.45, 7) is 1.92. The second-order valence-electron chi connectivity index (χ2n) is 2.63. The van der Waals surface area contributed by atoms with E-state index in [1.165, 1.54) is 12.3 Å². The van der Waals surface area contributed by atoms with Gasteiger partial charge in [0.2, 0.25) is 5.75 Å². The summed E-state index contributed by atoms with van der Waals surface area (Å²) in [5.41, 5.74) is 0.107. The van der Waals surface area contributed by atoms with Gasteiger partial charge in [0, 0.05) is 12.3 Å². The molecule has 5 heteroatoms. The van der Waals surface area contributed by atoms with Crippen LogP contribution in [-0.4, -0.2) is 15.0 Å². The molecule has 0 fully saturated rings. The number of pyridine rings is 1. The van der Waals surface area contributed by atoms with Crippen LogP contribution in [-0.2, 0) is 6.42 Å². The van der Waals surface area contributed by atoms with Crippen LogP contribution >= 0.6 is 0 Å². The van der Waals surface area contributed by atoms with Crippen molar-refractivity contribution >= 4 is 5.69 Å². The van der Waals surface area contributed by atoms with E-state index >= 15 is 0 Å². The molecule has 13 heavy (non-hydrogen) atoms. The van der Waals surface area contributed by atoms with Crippen molar-refractivity contribution in [3.05, 3.63) is 28.1 Å². The van der Waals surface area contributed by atoms with Crippen LogP contribution in [0.2, 0.25) is 0 Å². The molecule has 1 N–H and O–H groups in total. The summed E-state index contributed by atoms with van der Waals surface area (Å²) in [6.07, 6.45) is 2.68. The van der Waals surface area contributed by atoms with Gasteiger partial charge >= 0.3 is 5.69 Å². The lowest BCUT2D eigenvalue weighted by Gasteiger charge is -2.00. The van der Waals surface area contributed by atoms with Gasteiger partial charge in [-0.1, -0.05) is 13.3 Å². The quantitative estimate of drug-likeness (QED) is 0.569. The van der Waals surface area contributed by atoms with E-state index in [9.17, 15) is 15.2 Å². The molecular formula is C8H10N2O3. The highest BCUT2D eigenvalue weighted by Gasteiger charge is 2.16. The minimum absolute atomic E-state index is 0.279. The first-order valence-corrected chi connectivity index (χ1v) is 3.98. The maximum Gasteiger partial charge on any atom is 0.314 e. The van der Waals surface area contributed by atoms with Gasteiger partial charge in [-0.3, -0.25) is 15.1 Å². The van der Waals surface area contributed by atoms with Gasteiger partial charge < -0.3 is 5.11 Å². The van der Waals surface area contributed by atoms with E-state index in [1.807, 2.05) is 6.92 Å². The molecule has 0 aliphatic heterocycles.